The molecule has 5 aliphatic rings. The molecule has 35 heavy (non-hydrogen) atoms. The van der Waals surface area contributed by atoms with E-state index in [2.05, 4.69) is 0 Å². The number of hydrogen-bond donors (Lipinski definition) is 0. The quantitative estimate of drug-likeness (QED) is 0.301. The van der Waals surface area contributed by atoms with Crippen molar-refractivity contribution in [3.63, 3.8) is 0 Å². The third-order valence-corrected chi connectivity index (χ3v) is 8.51. The van der Waals surface area contributed by atoms with Gasteiger partial charge in [0.2, 0.25) is 0 Å². The average molecular weight is 493 g/mol. The molecule has 1 unspecified atom stereocenters. The van der Waals surface area contributed by atoms with Gasteiger partial charge in [0.25, 0.3) is 0 Å². The number of ether oxygens (including phenoxy) is 6. The van der Waals surface area contributed by atoms with Gasteiger partial charge in [0.05, 0.1) is 24.9 Å². The van der Waals surface area contributed by atoms with E-state index in [0.29, 0.717) is 32.2 Å². The predicted octanol–water partition coefficient (Wildman–Crippen LogP) is 4.86. The van der Waals surface area contributed by atoms with Crippen LogP contribution in [-0.4, -0.2) is 68.7 Å². The molecule has 0 radical (unpaired) electrons. The molecule has 3 aliphatic heterocycles. The molecule has 0 aromatic carbocycles. The van der Waals surface area contributed by atoms with Crippen LogP contribution in [0.25, 0.3) is 0 Å². The second-order valence-electron chi connectivity index (χ2n) is 11.1. The van der Waals surface area contributed by atoms with E-state index in [-0.39, 0.29) is 29.9 Å². The highest BCUT2D eigenvalue weighted by molar-refractivity contribution is 5.89. The molecule has 2 aliphatic carbocycles. The van der Waals surface area contributed by atoms with Crippen LogP contribution in [0.5, 0.6) is 0 Å². The second kappa shape index (κ2) is 12.1. The maximum atomic E-state index is 12.5. The number of allylic oxidation sites excluding steroid dienone is 1. The van der Waals surface area contributed by atoms with Crippen LogP contribution in [0.1, 0.15) is 89.9 Å². The van der Waals surface area contributed by atoms with E-state index >= 15 is 0 Å². The van der Waals surface area contributed by atoms with Crippen molar-refractivity contribution in [3.05, 3.63) is 12.2 Å². The summed E-state index contributed by atoms with van der Waals surface area (Å²) in [5.74, 6) is 0.220. The highest BCUT2D eigenvalue weighted by Crippen LogP contribution is 2.57. The SMILES string of the molecule is O=C(C=C[C@@H]1OCCC[C@H]1O[C@]12CCC[C@@H]1CC1(C2)OCCO1)CCCCCOC1CCCCO1. The first kappa shape index (κ1) is 25.8. The number of carbonyl (C=O) groups is 1. The Morgan fingerprint density at radius 3 is 2.66 bits per heavy atom. The lowest BCUT2D eigenvalue weighted by molar-refractivity contribution is -0.193. The van der Waals surface area contributed by atoms with E-state index in [1.165, 1.54) is 19.3 Å². The van der Waals surface area contributed by atoms with Crippen LogP contribution in [0.15, 0.2) is 12.2 Å². The molecule has 3 heterocycles. The van der Waals surface area contributed by atoms with Crippen LogP contribution in [0.2, 0.25) is 0 Å². The van der Waals surface area contributed by atoms with Gasteiger partial charge < -0.3 is 28.4 Å². The molecule has 7 heteroatoms. The monoisotopic (exact) mass is 492 g/mol. The first-order chi connectivity index (χ1) is 17.2. The van der Waals surface area contributed by atoms with E-state index < -0.39 is 5.79 Å². The molecule has 0 aromatic heterocycles. The van der Waals surface area contributed by atoms with Crippen LogP contribution >= 0.6 is 0 Å². The van der Waals surface area contributed by atoms with Gasteiger partial charge in [-0.2, -0.15) is 0 Å². The minimum absolute atomic E-state index is 0.0101. The first-order valence-corrected chi connectivity index (χ1v) is 14.2. The number of unbranched alkanes of at least 4 members (excludes halogenated alkanes) is 2. The van der Waals surface area contributed by atoms with Crippen molar-refractivity contribution < 1.29 is 33.2 Å². The molecule has 0 amide bonds. The highest BCUT2D eigenvalue weighted by atomic mass is 16.7. The molecule has 1 spiro atoms. The van der Waals surface area contributed by atoms with Crippen molar-refractivity contribution in [2.45, 2.75) is 120 Å². The summed E-state index contributed by atoms with van der Waals surface area (Å²) >= 11 is 0. The van der Waals surface area contributed by atoms with Gasteiger partial charge in [0.1, 0.15) is 6.10 Å². The summed E-state index contributed by atoms with van der Waals surface area (Å²) in [4.78, 5) is 12.5. The molecule has 5 atom stereocenters. The van der Waals surface area contributed by atoms with Gasteiger partial charge in [-0.3, -0.25) is 4.79 Å². The van der Waals surface area contributed by atoms with Gasteiger partial charge in [0, 0.05) is 39.1 Å². The second-order valence-corrected chi connectivity index (χ2v) is 11.1. The minimum atomic E-state index is -0.434. The molecule has 0 N–H and O–H groups in total. The zero-order chi connectivity index (χ0) is 24.0. The third-order valence-electron chi connectivity index (χ3n) is 8.51. The maximum Gasteiger partial charge on any atom is 0.171 e. The molecule has 7 nitrogen and oxygen atoms in total. The van der Waals surface area contributed by atoms with Crippen molar-refractivity contribution in [2.24, 2.45) is 5.92 Å². The van der Waals surface area contributed by atoms with Crippen LogP contribution in [-0.2, 0) is 33.2 Å². The standard InChI is InChI=1S/C28H44O7/c29-23(9-2-1-4-15-31-26-11-3-5-16-32-26)12-13-24-25(10-7-17-30-24)35-27-14-6-8-22(27)20-28(21-27)33-18-19-34-28/h12-13,22,24-26H,1-11,14-21H2/t22-,24+,25-,26?,27+/m1/s1. The Kier molecular flexibility index (Phi) is 8.95. The van der Waals surface area contributed by atoms with Crippen molar-refractivity contribution in [2.75, 3.05) is 33.0 Å². The highest BCUT2D eigenvalue weighted by Gasteiger charge is 2.61. The number of hydrogen-bond acceptors (Lipinski definition) is 7. The smallest absolute Gasteiger partial charge is 0.171 e. The summed E-state index contributed by atoms with van der Waals surface area (Å²) in [6.45, 7) is 3.62. The van der Waals surface area contributed by atoms with Crippen LogP contribution in [0, 0.1) is 5.92 Å². The molecule has 3 saturated heterocycles. The maximum absolute atomic E-state index is 12.5. The summed E-state index contributed by atoms with van der Waals surface area (Å²) < 4.78 is 36.4. The van der Waals surface area contributed by atoms with Crippen molar-refractivity contribution in [1.29, 1.82) is 0 Å². The van der Waals surface area contributed by atoms with E-state index in [1.54, 1.807) is 6.08 Å². The van der Waals surface area contributed by atoms with E-state index in [4.69, 9.17) is 28.4 Å². The fraction of sp³-hybridized carbons (Fsp3) is 0.893. The lowest BCUT2D eigenvalue weighted by Gasteiger charge is -2.39. The lowest BCUT2D eigenvalue weighted by atomic mass is 9.93. The van der Waals surface area contributed by atoms with E-state index in [1.807, 2.05) is 6.08 Å². The summed E-state index contributed by atoms with van der Waals surface area (Å²) in [5.41, 5.74) is -0.170. The van der Waals surface area contributed by atoms with E-state index in [0.717, 1.165) is 77.4 Å². The van der Waals surface area contributed by atoms with Crippen LogP contribution < -0.4 is 0 Å². The van der Waals surface area contributed by atoms with Crippen molar-refractivity contribution in [1.82, 2.24) is 0 Å². The van der Waals surface area contributed by atoms with Gasteiger partial charge in [0.15, 0.2) is 17.9 Å². The van der Waals surface area contributed by atoms with Crippen molar-refractivity contribution >= 4 is 5.78 Å². The molecule has 5 rings (SSSR count). The Morgan fingerprint density at radius 1 is 0.914 bits per heavy atom. The summed E-state index contributed by atoms with van der Waals surface area (Å²) in [6.07, 6.45) is 17.4. The Hall–Kier alpha value is -0.830. The summed E-state index contributed by atoms with van der Waals surface area (Å²) in [7, 11) is 0. The fourth-order valence-corrected chi connectivity index (χ4v) is 6.76. The van der Waals surface area contributed by atoms with Gasteiger partial charge in [-0.1, -0.05) is 12.8 Å². The first-order valence-electron chi connectivity index (χ1n) is 14.2. The Morgan fingerprint density at radius 2 is 1.80 bits per heavy atom. The molecular formula is C28H44O7. The number of ketones is 1. The zero-order valence-corrected chi connectivity index (χ0v) is 21.3. The van der Waals surface area contributed by atoms with Crippen molar-refractivity contribution in [3.8, 4) is 0 Å². The van der Waals surface area contributed by atoms with Gasteiger partial charge >= 0.3 is 0 Å². The minimum Gasteiger partial charge on any atom is -0.371 e. The van der Waals surface area contributed by atoms with Crippen LogP contribution in [0.3, 0.4) is 0 Å². The van der Waals surface area contributed by atoms with E-state index in [9.17, 15) is 4.79 Å². The Labute approximate surface area is 210 Å². The van der Waals surface area contributed by atoms with Gasteiger partial charge in [-0.15, -0.1) is 0 Å². The van der Waals surface area contributed by atoms with Crippen LogP contribution in [0.4, 0.5) is 0 Å². The summed E-state index contributed by atoms with van der Waals surface area (Å²) in [5, 5.41) is 0. The normalized spacial score (nSPS) is 36.8. The topological polar surface area (TPSA) is 72.5 Å². The molecule has 5 fully saturated rings. The molecule has 0 bridgehead atoms. The molecule has 198 valence electrons. The molecule has 2 saturated carbocycles. The Balaban J connectivity index is 1.05. The number of rotatable bonds is 11. The fourth-order valence-electron chi connectivity index (χ4n) is 6.76. The van der Waals surface area contributed by atoms with Gasteiger partial charge in [-0.25, -0.2) is 0 Å². The van der Waals surface area contributed by atoms with Gasteiger partial charge in [-0.05, 0) is 75.9 Å². The zero-order valence-electron chi connectivity index (χ0n) is 21.3. The molecule has 0 aromatic rings. The largest absolute Gasteiger partial charge is 0.371 e. The average Bonchev–Trinajstić information content (AvgIpc) is 3.56. The molecular weight excluding hydrogens is 448 g/mol. The lowest BCUT2D eigenvalue weighted by Crippen LogP contribution is -2.45. The third kappa shape index (κ3) is 6.55. The summed E-state index contributed by atoms with van der Waals surface area (Å²) in [6, 6.07) is 0. The predicted molar refractivity (Wildman–Crippen MR) is 130 cm³/mol. The number of carbonyl (C=O) groups excluding carboxylic acids is 1. The number of fused-ring (bicyclic) bond motifs is 1. The Bertz CT molecular complexity index is 712.